The molecule has 0 bridgehead atoms. The third-order valence-corrected chi connectivity index (χ3v) is 2.24. The molecule has 1 N–H and O–H groups in total. The normalized spacial score (nSPS) is 11.2. The lowest BCUT2D eigenvalue weighted by Crippen LogP contribution is -1.82. The quantitative estimate of drug-likeness (QED) is 0.695. The number of benzene rings is 1. The lowest BCUT2D eigenvalue weighted by molar-refractivity contribution is 1.39. The summed E-state index contributed by atoms with van der Waals surface area (Å²) < 4.78 is 0. The third-order valence-electron chi connectivity index (χ3n) is 2.24. The Kier molecular flexibility index (Phi) is 2.19. The second-order valence-electron chi connectivity index (χ2n) is 3.09. The smallest absolute Gasteiger partial charge is 0.0645 e. The number of para-hydroxylation sites is 1. The molecule has 0 saturated carbocycles. The van der Waals surface area contributed by atoms with Crippen molar-refractivity contribution in [3.05, 3.63) is 42.1 Å². The summed E-state index contributed by atoms with van der Waals surface area (Å²) in [5, 5.41) is 1.19. The van der Waals surface area contributed by atoms with Crippen LogP contribution < -0.4 is 0 Å². The van der Waals surface area contributed by atoms with Gasteiger partial charge in [0.15, 0.2) is 0 Å². The molecule has 2 nitrogen and oxygen atoms in total. The first-order valence-electron chi connectivity index (χ1n) is 4.52. The molecule has 0 aliphatic carbocycles. The molecule has 0 radical (unpaired) electrons. The van der Waals surface area contributed by atoms with E-state index in [1.807, 2.05) is 24.4 Å². The van der Waals surface area contributed by atoms with Gasteiger partial charge in [-0.15, -0.1) is 0 Å². The van der Waals surface area contributed by atoms with Crippen LogP contribution in [0.25, 0.3) is 17.0 Å². The van der Waals surface area contributed by atoms with E-state index in [0.29, 0.717) is 0 Å². The monoisotopic (exact) mass is 184 g/mol. The summed E-state index contributed by atoms with van der Waals surface area (Å²) in [4.78, 5) is 7.30. The zero-order valence-corrected chi connectivity index (χ0v) is 8.12. The Bertz CT molecular complexity index is 492. The fourth-order valence-corrected chi connectivity index (χ4v) is 1.64. The Balaban J connectivity index is 2.78. The summed E-state index contributed by atoms with van der Waals surface area (Å²) in [5.74, 6) is 0. The topological polar surface area (TPSA) is 28.1 Å². The maximum Gasteiger partial charge on any atom is 0.0645 e. The van der Waals surface area contributed by atoms with Crippen LogP contribution >= 0.6 is 0 Å². The van der Waals surface area contributed by atoms with Crippen molar-refractivity contribution in [2.24, 2.45) is 4.99 Å². The van der Waals surface area contributed by atoms with E-state index in [2.05, 4.69) is 28.7 Å². The Morgan fingerprint density at radius 2 is 2.14 bits per heavy atom. The molecule has 70 valence electrons. The standard InChI is InChI=1S/C12H12N2/c1-3-9-10-6-4-5-7-11(10)14-12(9)8-13-2/h3-8,14H,1H2,2H3/b13-8-. The van der Waals surface area contributed by atoms with Gasteiger partial charge in [-0.1, -0.05) is 30.9 Å². The summed E-state index contributed by atoms with van der Waals surface area (Å²) in [6, 6.07) is 8.17. The van der Waals surface area contributed by atoms with Gasteiger partial charge in [-0.2, -0.15) is 0 Å². The fourth-order valence-electron chi connectivity index (χ4n) is 1.64. The van der Waals surface area contributed by atoms with Crippen LogP contribution in [0.2, 0.25) is 0 Å². The number of aromatic nitrogens is 1. The Hall–Kier alpha value is -1.83. The van der Waals surface area contributed by atoms with Crippen LogP contribution in [0, 0.1) is 0 Å². The molecule has 0 aliphatic rings. The third kappa shape index (κ3) is 1.25. The minimum absolute atomic E-state index is 1.02. The van der Waals surface area contributed by atoms with Gasteiger partial charge in [-0.25, -0.2) is 0 Å². The zero-order chi connectivity index (χ0) is 9.97. The number of H-pyrrole nitrogens is 1. The van der Waals surface area contributed by atoms with Crippen LogP contribution in [0.15, 0.2) is 35.8 Å². The second-order valence-corrected chi connectivity index (χ2v) is 3.09. The SMILES string of the molecule is C=Cc1c(/C=N\C)[nH]c2ccccc12. The molecule has 0 unspecified atom stereocenters. The van der Waals surface area contributed by atoms with E-state index in [1.54, 1.807) is 7.05 Å². The number of rotatable bonds is 2. The molecule has 0 spiro atoms. The fraction of sp³-hybridized carbons (Fsp3) is 0.0833. The summed E-state index contributed by atoms with van der Waals surface area (Å²) in [6.45, 7) is 3.81. The highest BCUT2D eigenvalue weighted by atomic mass is 14.8. The van der Waals surface area contributed by atoms with Crippen molar-refractivity contribution in [3.63, 3.8) is 0 Å². The molecule has 0 fully saturated rings. The first kappa shape index (κ1) is 8.75. The van der Waals surface area contributed by atoms with E-state index in [4.69, 9.17) is 0 Å². The maximum atomic E-state index is 4.01. The highest BCUT2D eigenvalue weighted by Crippen LogP contribution is 2.21. The van der Waals surface area contributed by atoms with Crippen molar-refractivity contribution in [1.29, 1.82) is 0 Å². The van der Waals surface area contributed by atoms with Gasteiger partial charge in [0.05, 0.1) is 5.69 Å². The van der Waals surface area contributed by atoms with Gasteiger partial charge in [0, 0.05) is 29.7 Å². The van der Waals surface area contributed by atoms with Gasteiger partial charge in [0.2, 0.25) is 0 Å². The number of nitrogens with one attached hydrogen (secondary N) is 1. The summed E-state index contributed by atoms with van der Waals surface area (Å²) in [6.07, 6.45) is 3.67. The first-order chi connectivity index (χ1) is 6.86. The van der Waals surface area contributed by atoms with Crippen molar-refractivity contribution >= 4 is 23.2 Å². The number of nitrogens with zero attached hydrogens (tertiary/aromatic N) is 1. The van der Waals surface area contributed by atoms with Gasteiger partial charge in [0.25, 0.3) is 0 Å². The molecule has 2 rings (SSSR count). The molecule has 1 heterocycles. The lowest BCUT2D eigenvalue weighted by Gasteiger charge is -1.90. The summed E-state index contributed by atoms with van der Waals surface area (Å²) in [5.41, 5.74) is 3.26. The number of fused-ring (bicyclic) bond motifs is 1. The van der Waals surface area contributed by atoms with Gasteiger partial charge in [0.1, 0.15) is 0 Å². The molecule has 0 amide bonds. The average molecular weight is 184 g/mol. The first-order valence-corrected chi connectivity index (χ1v) is 4.52. The summed E-state index contributed by atoms with van der Waals surface area (Å²) in [7, 11) is 1.76. The molecule has 0 atom stereocenters. The van der Waals surface area contributed by atoms with Gasteiger partial charge in [-0.3, -0.25) is 4.99 Å². The van der Waals surface area contributed by atoms with Crippen LogP contribution in [0.4, 0.5) is 0 Å². The van der Waals surface area contributed by atoms with Gasteiger partial charge >= 0.3 is 0 Å². The van der Waals surface area contributed by atoms with Crippen LogP contribution in [0.5, 0.6) is 0 Å². The lowest BCUT2D eigenvalue weighted by atomic mass is 10.1. The van der Waals surface area contributed by atoms with E-state index in [9.17, 15) is 0 Å². The van der Waals surface area contributed by atoms with Crippen LogP contribution in [0.1, 0.15) is 11.3 Å². The maximum absolute atomic E-state index is 4.01. The molecular formula is C12H12N2. The van der Waals surface area contributed by atoms with E-state index >= 15 is 0 Å². The Morgan fingerprint density at radius 1 is 1.36 bits per heavy atom. The van der Waals surface area contributed by atoms with Crippen LogP contribution in [0.3, 0.4) is 0 Å². The molecular weight excluding hydrogens is 172 g/mol. The zero-order valence-electron chi connectivity index (χ0n) is 8.12. The van der Waals surface area contributed by atoms with Gasteiger partial charge in [-0.05, 0) is 6.07 Å². The molecule has 2 aromatic rings. The molecule has 1 aromatic carbocycles. The Labute approximate surface area is 83.0 Å². The van der Waals surface area contributed by atoms with Crippen molar-refractivity contribution < 1.29 is 0 Å². The van der Waals surface area contributed by atoms with Crippen molar-refractivity contribution in [2.75, 3.05) is 7.05 Å². The largest absolute Gasteiger partial charge is 0.353 e. The minimum Gasteiger partial charge on any atom is -0.353 e. The molecule has 0 saturated heterocycles. The molecule has 0 aliphatic heterocycles. The van der Waals surface area contributed by atoms with Gasteiger partial charge < -0.3 is 4.98 Å². The van der Waals surface area contributed by atoms with Crippen LogP contribution in [-0.4, -0.2) is 18.2 Å². The van der Waals surface area contributed by atoms with E-state index in [1.165, 1.54) is 5.39 Å². The predicted octanol–water partition coefficient (Wildman–Crippen LogP) is 2.86. The molecule has 14 heavy (non-hydrogen) atoms. The number of aliphatic imine (C=N–C) groups is 1. The van der Waals surface area contributed by atoms with E-state index < -0.39 is 0 Å². The van der Waals surface area contributed by atoms with Crippen LogP contribution in [-0.2, 0) is 0 Å². The molecule has 2 heteroatoms. The number of hydrogen-bond acceptors (Lipinski definition) is 1. The predicted molar refractivity (Wildman–Crippen MR) is 61.9 cm³/mol. The second kappa shape index (κ2) is 3.50. The minimum atomic E-state index is 1.02. The van der Waals surface area contributed by atoms with Crippen molar-refractivity contribution in [2.45, 2.75) is 0 Å². The van der Waals surface area contributed by atoms with Crippen molar-refractivity contribution in [3.8, 4) is 0 Å². The van der Waals surface area contributed by atoms with E-state index in [0.717, 1.165) is 16.8 Å². The highest BCUT2D eigenvalue weighted by Gasteiger charge is 2.05. The highest BCUT2D eigenvalue weighted by molar-refractivity contribution is 5.98. The average Bonchev–Trinajstić information content (AvgIpc) is 2.55. The number of hydrogen-bond donors (Lipinski definition) is 1. The Morgan fingerprint density at radius 3 is 2.86 bits per heavy atom. The van der Waals surface area contributed by atoms with E-state index in [-0.39, 0.29) is 0 Å². The molecule has 1 aromatic heterocycles. The number of aromatic amines is 1. The summed E-state index contributed by atoms with van der Waals surface area (Å²) >= 11 is 0. The van der Waals surface area contributed by atoms with Crippen molar-refractivity contribution in [1.82, 2.24) is 4.98 Å².